The first-order valence-electron chi connectivity index (χ1n) is 29.2. The van der Waals surface area contributed by atoms with E-state index in [1.54, 1.807) is 7.11 Å². The second-order valence-electron chi connectivity index (χ2n) is 25.8. The highest BCUT2D eigenvalue weighted by Gasteiger charge is 2.67. The third kappa shape index (κ3) is 9.09. The molecule has 75 heavy (non-hydrogen) atoms. The van der Waals surface area contributed by atoms with E-state index in [1.165, 1.54) is 0 Å². The second-order valence-corrected chi connectivity index (χ2v) is 25.8. The highest BCUT2D eigenvalue weighted by Crippen LogP contribution is 2.57. The average Bonchev–Trinajstić information content (AvgIpc) is 4.00. The number of carbonyl (C=O) groups is 1. The van der Waals surface area contributed by atoms with Crippen LogP contribution in [0.15, 0.2) is 24.3 Å². The van der Waals surface area contributed by atoms with E-state index < -0.39 is 60.1 Å². The molecule has 10 bridgehead atoms. The Balaban J connectivity index is 0.691. The Kier molecular flexibility index (Phi) is 13.4. The van der Waals surface area contributed by atoms with Crippen LogP contribution in [0.5, 0.6) is 0 Å². The van der Waals surface area contributed by atoms with Crippen molar-refractivity contribution in [3.8, 4) is 0 Å². The fourth-order valence-electron chi connectivity index (χ4n) is 17.0. The van der Waals surface area contributed by atoms with Crippen LogP contribution in [-0.2, 0) is 75.8 Å². The summed E-state index contributed by atoms with van der Waals surface area (Å²) in [6, 6.07) is 0. The molecule has 29 atom stereocenters. The zero-order valence-corrected chi connectivity index (χ0v) is 44.3. The van der Waals surface area contributed by atoms with Crippen molar-refractivity contribution in [3.63, 3.8) is 0 Å². The van der Waals surface area contributed by atoms with E-state index in [9.17, 15) is 15.0 Å². The third-order valence-corrected chi connectivity index (χ3v) is 20.6. The molecular formula is C57H82O18. The fourth-order valence-corrected chi connectivity index (χ4v) is 17.0. The molecule has 15 aliphatic heterocycles. The number of fused-ring (bicyclic) bond motifs is 10. The van der Waals surface area contributed by atoms with E-state index in [-0.39, 0.29) is 134 Å². The monoisotopic (exact) mass is 1050 g/mol. The van der Waals surface area contributed by atoms with Crippen LogP contribution in [-0.4, -0.2) is 188 Å². The Hall–Kier alpha value is -1.69. The summed E-state index contributed by atoms with van der Waals surface area (Å²) in [6.45, 7) is 15.2. The molecule has 418 valence electrons. The lowest BCUT2D eigenvalue weighted by Crippen LogP contribution is -2.63. The number of hydrogen-bond acceptors (Lipinski definition) is 18. The van der Waals surface area contributed by atoms with Crippen LogP contribution in [0.4, 0.5) is 0 Å². The Morgan fingerprint density at radius 3 is 2.04 bits per heavy atom. The largest absolute Gasteiger partial charge is 0.459 e. The van der Waals surface area contributed by atoms with Gasteiger partial charge < -0.3 is 81.3 Å². The molecule has 15 saturated heterocycles. The molecule has 18 heteroatoms. The van der Waals surface area contributed by atoms with Crippen molar-refractivity contribution in [2.75, 3.05) is 13.7 Å². The van der Waals surface area contributed by atoms with Gasteiger partial charge in [0.15, 0.2) is 17.4 Å². The number of aliphatic hydroxyl groups is 2. The smallest absolute Gasteiger partial charge is 0.308 e. The summed E-state index contributed by atoms with van der Waals surface area (Å²) in [5.41, 5.74) is 2.15. The van der Waals surface area contributed by atoms with Gasteiger partial charge in [0.1, 0.15) is 36.6 Å². The van der Waals surface area contributed by atoms with Gasteiger partial charge in [-0.15, -0.1) is 0 Å². The molecule has 0 aliphatic carbocycles. The molecule has 0 aromatic heterocycles. The highest BCUT2D eigenvalue weighted by molar-refractivity contribution is 5.70. The van der Waals surface area contributed by atoms with Crippen LogP contribution in [0.25, 0.3) is 0 Å². The number of ether oxygens (including phenoxy) is 15. The maximum Gasteiger partial charge on any atom is 0.308 e. The maximum atomic E-state index is 14.5. The molecule has 0 aromatic rings. The van der Waals surface area contributed by atoms with Gasteiger partial charge in [0.05, 0.1) is 117 Å². The van der Waals surface area contributed by atoms with Crippen molar-refractivity contribution in [1.82, 2.24) is 0 Å². The molecule has 15 rings (SSSR count). The summed E-state index contributed by atoms with van der Waals surface area (Å²) in [7, 11) is 1.70. The summed E-state index contributed by atoms with van der Waals surface area (Å²) in [5.74, 6) is -2.90. The molecule has 0 amide bonds. The van der Waals surface area contributed by atoms with E-state index in [2.05, 4.69) is 33.9 Å². The van der Waals surface area contributed by atoms with Gasteiger partial charge in [0, 0.05) is 70.8 Å². The Morgan fingerprint density at radius 2 is 1.21 bits per heavy atom. The Bertz CT molecular complexity index is 2170. The zero-order chi connectivity index (χ0) is 51.3. The lowest BCUT2D eigenvalue weighted by atomic mass is 9.78. The molecular weight excluding hydrogens is 973 g/mol. The van der Waals surface area contributed by atoms with Crippen molar-refractivity contribution in [2.24, 2.45) is 17.8 Å². The Morgan fingerprint density at radius 1 is 0.533 bits per heavy atom. The minimum absolute atomic E-state index is 0.00927. The van der Waals surface area contributed by atoms with E-state index in [0.717, 1.165) is 49.7 Å². The lowest BCUT2D eigenvalue weighted by molar-refractivity contribution is -0.371. The first-order valence-corrected chi connectivity index (χ1v) is 29.2. The quantitative estimate of drug-likeness (QED) is 0.271. The number of carbonyl (C=O) groups excluding carboxylic acids is 1. The summed E-state index contributed by atoms with van der Waals surface area (Å²) in [4.78, 5) is 14.5. The lowest BCUT2D eigenvalue weighted by Gasteiger charge is -2.54. The summed E-state index contributed by atoms with van der Waals surface area (Å²) >= 11 is 0. The first kappa shape index (κ1) is 51.5. The van der Waals surface area contributed by atoms with Crippen molar-refractivity contribution in [2.45, 2.75) is 294 Å². The maximum absolute atomic E-state index is 14.5. The van der Waals surface area contributed by atoms with Crippen molar-refractivity contribution < 1.29 is 86.1 Å². The fraction of sp³-hybridized carbons (Fsp3) is 0.912. The van der Waals surface area contributed by atoms with Gasteiger partial charge in [-0.2, -0.15) is 0 Å². The summed E-state index contributed by atoms with van der Waals surface area (Å²) in [5, 5.41) is 20.6. The summed E-state index contributed by atoms with van der Waals surface area (Å²) < 4.78 is 102. The molecule has 2 N–H and O–H groups in total. The van der Waals surface area contributed by atoms with Gasteiger partial charge in [-0.1, -0.05) is 33.9 Å². The molecule has 0 saturated carbocycles. The van der Waals surface area contributed by atoms with Gasteiger partial charge in [-0.3, -0.25) is 4.79 Å². The van der Waals surface area contributed by atoms with E-state index >= 15 is 0 Å². The van der Waals surface area contributed by atoms with Gasteiger partial charge in [0.2, 0.25) is 0 Å². The topological polar surface area (TPSA) is 196 Å². The van der Waals surface area contributed by atoms with Gasteiger partial charge in [0.25, 0.3) is 0 Å². The molecule has 3 spiro atoms. The predicted octanol–water partition coefficient (Wildman–Crippen LogP) is 5.18. The SMILES string of the molecule is C=C1C[C@@H]2CC[C@]34CC(O3)C3O[C@H]5CC[C@H](CC(=O)O[C@@H]6[C@@H](C)[C@@H]7O[C@@H]8C[C@]9(C[C@@H]%10O[C@]%11(C[C@H](C)[C@@H]%12O[C@H](CO)[C@H](O)C[C@@H]%12O%11)C[C@H](C)[C@@H]%10O9)O[C@@H]8C[C@@H]7O[C@H]6C[C@H]6O[C@H](CCC6=C)CC[C@@H]1O2)O[C@@H]5[C@H](O4)C3OC. The minimum atomic E-state index is -0.909. The van der Waals surface area contributed by atoms with Crippen LogP contribution >= 0.6 is 0 Å². The zero-order valence-electron chi connectivity index (χ0n) is 44.3. The van der Waals surface area contributed by atoms with Gasteiger partial charge >= 0.3 is 5.97 Å². The van der Waals surface area contributed by atoms with Crippen LogP contribution in [0.3, 0.4) is 0 Å². The molecule has 0 radical (unpaired) electrons. The van der Waals surface area contributed by atoms with Gasteiger partial charge in [-0.05, 0) is 74.3 Å². The Labute approximate surface area is 440 Å². The van der Waals surface area contributed by atoms with Crippen LogP contribution in [0.1, 0.15) is 136 Å². The molecule has 0 aromatic carbocycles. The van der Waals surface area contributed by atoms with Crippen molar-refractivity contribution in [1.29, 1.82) is 0 Å². The highest BCUT2D eigenvalue weighted by atomic mass is 16.8. The van der Waals surface area contributed by atoms with Crippen molar-refractivity contribution in [3.05, 3.63) is 24.3 Å². The average molecular weight is 1060 g/mol. The van der Waals surface area contributed by atoms with Crippen LogP contribution in [0, 0.1) is 17.8 Å². The molecule has 15 fully saturated rings. The molecule has 3 unspecified atom stereocenters. The van der Waals surface area contributed by atoms with Gasteiger partial charge in [-0.25, -0.2) is 0 Å². The number of esters is 1. The normalized spacial score (nSPS) is 57.3. The number of methoxy groups -OCH3 is 1. The molecule has 15 aliphatic rings. The second kappa shape index (κ2) is 19.5. The predicted molar refractivity (Wildman–Crippen MR) is 261 cm³/mol. The number of hydrogen-bond donors (Lipinski definition) is 2. The van der Waals surface area contributed by atoms with Crippen LogP contribution in [0.2, 0.25) is 0 Å². The standard InChI is InChI=1S/C57H82O18/c1-26-7-8-31-9-11-35-27(2)15-33(63-35)13-14-55-23-44(72-55)52-53(61-6)54(75-55)51-36(66-52)12-10-32(64-51)16-46(60)69-50-30(5)49-40(65-39(50)18-37(26)62-31)19-38-42(67-49)22-57(70-38)24-43-48(74-57)29(4)21-56(73-43)20-28(3)47-41(71-56)17-34(59)45(25-58)68-47/h28-45,47-54,58-59H,1-2,7-25H2,3-6H3/t28-,29-,30-,31+,32+,33-,34+,35-,36-,37+,38+,39-,40-,41-,42+,43-,44?,45+,47-,48-,49-,50+,51-,52?,53?,54-,55-,56+,57-/m0/s1. The van der Waals surface area contributed by atoms with E-state index in [1.807, 2.05) is 0 Å². The molecule has 15 heterocycles. The summed E-state index contributed by atoms with van der Waals surface area (Å²) in [6.07, 6.45) is 4.18. The van der Waals surface area contributed by atoms with Crippen LogP contribution < -0.4 is 0 Å². The number of rotatable bonds is 2. The molecule has 18 nitrogen and oxygen atoms in total. The minimum Gasteiger partial charge on any atom is -0.459 e. The number of aliphatic hydroxyl groups excluding tert-OH is 2. The third-order valence-electron chi connectivity index (χ3n) is 20.6. The van der Waals surface area contributed by atoms with E-state index in [0.29, 0.717) is 70.6 Å². The first-order chi connectivity index (χ1) is 36.1. The van der Waals surface area contributed by atoms with Crippen molar-refractivity contribution >= 4 is 5.97 Å². The van der Waals surface area contributed by atoms with E-state index in [4.69, 9.17) is 71.1 Å².